The van der Waals surface area contributed by atoms with E-state index in [0.29, 0.717) is 30.2 Å². The topological polar surface area (TPSA) is 88.7 Å². The van der Waals surface area contributed by atoms with Gasteiger partial charge < -0.3 is 19.3 Å². The predicted molar refractivity (Wildman–Crippen MR) is 142 cm³/mol. The molecule has 2 aromatic carbocycles. The Morgan fingerprint density at radius 1 is 1.14 bits per heavy atom. The highest BCUT2D eigenvalue weighted by atomic mass is 32.1. The van der Waals surface area contributed by atoms with Crippen LogP contribution in [-0.4, -0.2) is 39.4 Å². The van der Waals surface area contributed by atoms with Gasteiger partial charge >= 0.3 is 5.97 Å². The minimum Gasteiger partial charge on any atom is -0.478 e. The van der Waals surface area contributed by atoms with Crippen LogP contribution >= 0.6 is 11.3 Å². The SMILES string of the molecule is Cc1ccccc1-c1noc(C2CC2)c1COC1CC2CCC(C1)N2c1nc2ccc(C(=O)O)cc2s1. The number of carboxylic acid groups (broad SMARTS) is 1. The Bertz CT molecular complexity index is 1480. The summed E-state index contributed by atoms with van der Waals surface area (Å²) in [5, 5.41) is 14.8. The zero-order valence-electron chi connectivity index (χ0n) is 20.7. The Balaban J connectivity index is 1.09. The molecule has 37 heavy (non-hydrogen) atoms. The summed E-state index contributed by atoms with van der Waals surface area (Å²) in [5.74, 6) is 0.578. The van der Waals surface area contributed by atoms with Crippen LogP contribution in [-0.2, 0) is 11.3 Å². The van der Waals surface area contributed by atoms with E-state index in [1.807, 2.05) is 6.07 Å². The fourth-order valence-corrected chi connectivity index (χ4v) is 7.26. The first-order valence-electron chi connectivity index (χ1n) is 13.1. The third kappa shape index (κ3) is 4.12. The minimum atomic E-state index is -0.905. The van der Waals surface area contributed by atoms with E-state index in [9.17, 15) is 9.90 Å². The van der Waals surface area contributed by atoms with Gasteiger partial charge in [-0.25, -0.2) is 9.78 Å². The molecule has 0 amide bonds. The van der Waals surface area contributed by atoms with Crippen LogP contribution in [0.2, 0.25) is 0 Å². The second-order valence-corrected chi connectivity index (χ2v) is 11.7. The molecule has 3 fully saturated rings. The number of thiazole rings is 1. The molecule has 1 saturated carbocycles. The number of benzene rings is 2. The lowest BCUT2D eigenvalue weighted by Crippen LogP contribution is -2.45. The van der Waals surface area contributed by atoms with E-state index in [1.165, 1.54) is 5.56 Å². The number of aryl methyl sites for hydroxylation is 1. The highest BCUT2D eigenvalue weighted by Crippen LogP contribution is 2.46. The summed E-state index contributed by atoms with van der Waals surface area (Å²) < 4.78 is 13.4. The lowest BCUT2D eigenvalue weighted by Gasteiger charge is -2.38. The number of ether oxygens (including phenoxy) is 1. The maximum Gasteiger partial charge on any atom is 0.335 e. The first-order valence-corrected chi connectivity index (χ1v) is 13.9. The number of nitrogens with zero attached hydrogens (tertiary/aromatic N) is 3. The first kappa shape index (κ1) is 22.9. The second-order valence-electron chi connectivity index (χ2n) is 10.6. The predicted octanol–water partition coefficient (Wildman–Crippen LogP) is 6.55. The molecule has 1 aliphatic carbocycles. The van der Waals surface area contributed by atoms with Gasteiger partial charge in [0.05, 0.1) is 28.5 Å². The van der Waals surface area contributed by atoms with E-state index in [2.05, 4.69) is 41.2 Å². The Morgan fingerprint density at radius 3 is 2.65 bits per heavy atom. The summed E-state index contributed by atoms with van der Waals surface area (Å²) in [7, 11) is 0. The van der Waals surface area contributed by atoms with Gasteiger partial charge in [0.25, 0.3) is 0 Å². The molecular formula is C29H29N3O4S. The first-order chi connectivity index (χ1) is 18.0. The van der Waals surface area contributed by atoms with Crippen LogP contribution in [0.3, 0.4) is 0 Å². The zero-order chi connectivity index (χ0) is 25.1. The standard InChI is InChI=1S/C29H29N3O4S/c1-16-4-2-3-5-22(16)26-23(27(36-31-26)17-6-7-17)15-35-21-13-19-9-10-20(14-21)32(19)29-30-24-11-8-18(28(33)34)12-25(24)37-29/h2-5,8,11-12,17,19-21H,6-7,9-10,13-15H2,1H3,(H,33,34). The van der Waals surface area contributed by atoms with Gasteiger partial charge in [0.2, 0.25) is 0 Å². The van der Waals surface area contributed by atoms with Crippen molar-refractivity contribution in [2.45, 2.75) is 76.2 Å². The highest BCUT2D eigenvalue weighted by molar-refractivity contribution is 7.22. The summed E-state index contributed by atoms with van der Waals surface area (Å²) in [6.45, 7) is 2.64. The Morgan fingerprint density at radius 2 is 1.92 bits per heavy atom. The molecule has 4 heterocycles. The number of fused-ring (bicyclic) bond motifs is 3. The molecule has 2 aromatic heterocycles. The number of piperidine rings is 1. The second kappa shape index (κ2) is 8.96. The number of carboxylic acids is 1. The van der Waals surface area contributed by atoms with Crippen molar-refractivity contribution in [1.82, 2.24) is 10.1 Å². The smallest absolute Gasteiger partial charge is 0.335 e. The summed E-state index contributed by atoms with van der Waals surface area (Å²) in [6.07, 6.45) is 6.72. The summed E-state index contributed by atoms with van der Waals surface area (Å²) in [4.78, 5) is 18.7. The summed E-state index contributed by atoms with van der Waals surface area (Å²) in [5.41, 5.74) is 5.53. The Hall–Kier alpha value is -3.23. The largest absolute Gasteiger partial charge is 0.478 e. The van der Waals surface area contributed by atoms with Crippen molar-refractivity contribution in [2.24, 2.45) is 0 Å². The van der Waals surface area contributed by atoms with Crippen LogP contribution in [0, 0.1) is 6.92 Å². The average molecular weight is 516 g/mol. The molecule has 7 nitrogen and oxygen atoms in total. The molecule has 8 heteroatoms. The average Bonchev–Trinajstić information content (AvgIpc) is 3.41. The molecule has 1 N–H and O–H groups in total. The monoisotopic (exact) mass is 515 g/mol. The quantitative estimate of drug-likeness (QED) is 0.298. The number of hydrogen-bond donors (Lipinski definition) is 1. The van der Waals surface area contributed by atoms with Crippen molar-refractivity contribution in [3.63, 3.8) is 0 Å². The third-order valence-electron chi connectivity index (χ3n) is 8.17. The van der Waals surface area contributed by atoms with E-state index in [4.69, 9.17) is 14.2 Å². The summed E-state index contributed by atoms with van der Waals surface area (Å²) >= 11 is 1.60. The fourth-order valence-electron chi connectivity index (χ4n) is 6.11. The number of anilines is 1. The molecule has 2 bridgehead atoms. The van der Waals surface area contributed by atoms with Gasteiger partial charge in [-0.05, 0) is 69.2 Å². The molecule has 2 atom stereocenters. The van der Waals surface area contributed by atoms with E-state index in [-0.39, 0.29) is 6.10 Å². The van der Waals surface area contributed by atoms with Gasteiger partial charge in [-0.1, -0.05) is 40.8 Å². The van der Waals surface area contributed by atoms with Gasteiger partial charge in [0.15, 0.2) is 5.13 Å². The number of aromatic nitrogens is 2. The van der Waals surface area contributed by atoms with E-state index in [0.717, 1.165) is 76.5 Å². The fraction of sp³-hybridized carbons (Fsp3) is 0.414. The van der Waals surface area contributed by atoms with E-state index < -0.39 is 5.97 Å². The van der Waals surface area contributed by atoms with Crippen LogP contribution in [0.25, 0.3) is 21.5 Å². The van der Waals surface area contributed by atoms with Gasteiger partial charge in [-0.3, -0.25) is 0 Å². The molecule has 2 aliphatic heterocycles. The minimum absolute atomic E-state index is 0.188. The van der Waals surface area contributed by atoms with Gasteiger partial charge in [-0.15, -0.1) is 0 Å². The molecular weight excluding hydrogens is 486 g/mol. The normalized spacial score (nSPS) is 23.2. The molecule has 4 aromatic rings. The molecule has 190 valence electrons. The maximum atomic E-state index is 11.4. The lowest BCUT2D eigenvalue weighted by molar-refractivity contribution is 0.0147. The van der Waals surface area contributed by atoms with Gasteiger partial charge in [0, 0.05) is 29.1 Å². The molecule has 7 rings (SSSR count). The van der Waals surface area contributed by atoms with Gasteiger partial charge in [-0.2, -0.15) is 0 Å². The molecule has 0 radical (unpaired) electrons. The molecule has 0 spiro atoms. The van der Waals surface area contributed by atoms with Crippen LogP contribution in [0.5, 0.6) is 0 Å². The van der Waals surface area contributed by atoms with Crippen LogP contribution in [0.15, 0.2) is 47.0 Å². The number of aromatic carboxylic acids is 1. The van der Waals surface area contributed by atoms with E-state index >= 15 is 0 Å². The lowest BCUT2D eigenvalue weighted by atomic mass is 9.99. The Labute approximate surface area is 219 Å². The van der Waals surface area contributed by atoms with Crippen molar-refractivity contribution in [2.75, 3.05) is 4.90 Å². The van der Waals surface area contributed by atoms with Crippen molar-refractivity contribution in [3.05, 3.63) is 64.9 Å². The van der Waals surface area contributed by atoms with Crippen molar-refractivity contribution in [1.29, 1.82) is 0 Å². The van der Waals surface area contributed by atoms with Crippen molar-refractivity contribution in [3.8, 4) is 11.3 Å². The van der Waals surface area contributed by atoms with Crippen molar-refractivity contribution >= 4 is 32.7 Å². The van der Waals surface area contributed by atoms with Crippen LogP contribution in [0.4, 0.5) is 5.13 Å². The van der Waals surface area contributed by atoms with Gasteiger partial charge in [0.1, 0.15) is 11.5 Å². The van der Waals surface area contributed by atoms with Crippen LogP contribution < -0.4 is 4.90 Å². The molecule has 2 unspecified atom stereocenters. The third-order valence-corrected chi connectivity index (χ3v) is 9.20. The van der Waals surface area contributed by atoms with Crippen molar-refractivity contribution < 1.29 is 19.2 Å². The number of carbonyl (C=O) groups is 1. The summed E-state index contributed by atoms with van der Waals surface area (Å²) in [6, 6.07) is 14.3. The number of rotatable bonds is 7. The number of hydrogen-bond acceptors (Lipinski definition) is 7. The molecule has 3 aliphatic rings. The molecule has 2 saturated heterocycles. The Kier molecular flexibility index (Phi) is 5.55. The highest BCUT2D eigenvalue weighted by Gasteiger charge is 2.43. The van der Waals surface area contributed by atoms with E-state index in [1.54, 1.807) is 23.5 Å². The zero-order valence-corrected chi connectivity index (χ0v) is 21.5. The maximum absolute atomic E-state index is 11.4. The van der Waals surface area contributed by atoms with Crippen LogP contribution in [0.1, 0.15) is 71.7 Å².